The summed E-state index contributed by atoms with van der Waals surface area (Å²) in [5.74, 6) is 0. The zero-order valence-electron chi connectivity index (χ0n) is 18.7. The van der Waals surface area contributed by atoms with Gasteiger partial charge in [-0.1, -0.05) is 59.2 Å². The van der Waals surface area contributed by atoms with Gasteiger partial charge < -0.3 is 4.57 Å². The second-order valence-electron chi connectivity index (χ2n) is 8.61. The molecule has 5 heteroatoms. The quantitative estimate of drug-likeness (QED) is 0.425. The van der Waals surface area contributed by atoms with Crippen LogP contribution in [0.25, 0.3) is 27.6 Å². The maximum atomic E-state index is 13.8. The molecule has 5 aromatic rings. The smallest absolute Gasteiger partial charge is 0.336 e. The normalized spacial score (nSPS) is 11.5. The van der Waals surface area contributed by atoms with Crippen LogP contribution >= 0.6 is 0 Å². The lowest BCUT2D eigenvalue weighted by Crippen LogP contribution is -2.39. The number of aryl methyl sites for hydroxylation is 4. The van der Waals surface area contributed by atoms with Crippen LogP contribution in [0.15, 0.2) is 76.3 Å². The Kier molecular flexibility index (Phi) is 4.63. The molecule has 0 fully saturated rings. The van der Waals surface area contributed by atoms with E-state index in [9.17, 15) is 9.59 Å². The number of nitrogens with zero attached hydrogens (tertiary/aromatic N) is 3. The van der Waals surface area contributed by atoms with Gasteiger partial charge in [0.15, 0.2) is 0 Å². The van der Waals surface area contributed by atoms with Crippen molar-refractivity contribution in [3.05, 3.63) is 110 Å². The highest BCUT2D eigenvalue weighted by Crippen LogP contribution is 2.27. The van der Waals surface area contributed by atoms with Crippen LogP contribution in [0.4, 0.5) is 0 Å². The summed E-state index contributed by atoms with van der Waals surface area (Å²) in [6, 6.07) is 21.7. The Hall–Kier alpha value is -3.86. The maximum absolute atomic E-state index is 13.8. The lowest BCUT2D eigenvalue weighted by Gasteiger charge is -2.14. The van der Waals surface area contributed by atoms with Crippen LogP contribution in [0, 0.1) is 20.8 Å². The standard InChI is InChI=1S/C27H25N3O2/c1-17-8-11-21(12-9-17)30-26(31)25-24(22-15-19(3)10-13-23(22)28(25)4)29(27(30)32)16-20-7-5-6-18(2)14-20/h5-15H,16H2,1-4H3. The predicted octanol–water partition coefficient (Wildman–Crippen LogP) is 4.62. The molecule has 0 unspecified atom stereocenters. The van der Waals surface area contributed by atoms with Gasteiger partial charge in [-0.15, -0.1) is 0 Å². The van der Waals surface area contributed by atoms with Crippen molar-refractivity contribution in [2.45, 2.75) is 27.3 Å². The monoisotopic (exact) mass is 423 g/mol. The zero-order valence-corrected chi connectivity index (χ0v) is 18.7. The third kappa shape index (κ3) is 3.09. The average Bonchev–Trinajstić information content (AvgIpc) is 3.04. The van der Waals surface area contributed by atoms with Gasteiger partial charge in [0.05, 0.1) is 23.3 Å². The molecular weight excluding hydrogens is 398 g/mol. The van der Waals surface area contributed by atoms with Crippen molar-refractivity contribution in [2.75, 3.05) is 0 Å². The molecule has 3 aromatic carbocycles. The lowest BCUT2D eigenvalue weighted by atomic mass is 10.1. The molecule has 32 heavy (non-hydrogen) atoms. The van der Waals surface area contributed by atoms with Gasteiger partial charge in [-0.2, -0.15) is 0 Å². The first-order valence-electron chi connectivity index (χ1n) is 10.7. The van der Waals surface area contributed by atoms with Crippen LogP contribution in [0.1, 0.15) is 22.3 Å². The molecule has 0 bridgehead atoms. The molecule has 5 rings (SSSR count). The summed E-state index contributed by atoms with van der Waals surface area (Å²) in [7, 11) is 1.89. The Morgan fingerprint density at radius 3 is 2.16 bits per heavy atom. The Bertz CT molecular complexity index is 1620. The molecule has 0 saturated heterocycles. The van der Waals surface area contributed by atoms with E-state index in [0.29, 0.717) is 23.3 Å². The first kappa shape index (κ1) is 20.1. The van der Waals surface area contributed by atoms with E-state index >= 15 is 0 Å². The molecule has 0 amide bonds. The first-order valence-corrected chi connectivity index (χ1v) is 10.7. The van der Waals surface area contributed by atoms with Crippen molar-refractivity contribution < 1.29 is 0 Å². The lowest BCUT2D eigenvalue weighted by molar-refractivity contribution is 0.712. The molecular formula is C27H25N3O2. The van der Waals surface area contributed by atoms with Gasteiger partial charge in [0, 0.05) is 12.4 Å². The molecule has 0 aliphatic heterocycles. The molecule has 0 saturated carbocycles. The summed E-state index contributed by atoms with van der Waals surface area (Å²) in [6.45, 7) is 6.43. The number of benzene rings is 3. The molecule has 0 atom stereocenters. The highest BCUT2D eigenvalue weighted by Gasteiger charge is 2.21. The van der Waals surface area contributed by atoms with E-state index in [0.717, 1.165) is 33.2 Å². The SMILES string of the molecule is Cc1ccc(-n2c(=O)c3c(c4cc(C)ccc4n3C)n(Cc3cccc(C)c3)c2=O)cc1. The Morgan fingerprint density at radius 2 is 1.44 bits per heavy atom. The van der Waals surface area contributed by atoms with Gasteiger partial charge in [-0.3, -0.25) is 9.36 Å². The van der Waals surface area contributed by atoms with Crippen LogP contribution < -0.4 is 11.2 Å². The van der Waals surface area contributed by atoms with Gasteiger partial charge >= 0.3 is 5.69 Å². The minimum Gasteiger partial charge on any atom is -0.338 e. The summed E-state index contributed by atoms with van der Waals surface area (Å²) in [5, 5.41) is 0.917. The summed E-state index contributed by atoms with van der Waals surface area (Å²) in [5.41, 5.74) is 6.40. The van der Waals surface area contributed by atoms with Crippen LogP contribution in [0.2, 0.25) is 0 Å². The fourth-order valence-corrected chi connectivity index (χ4v) is 4.53. The number of hydrogen-bond donors (Lipinski definition) is 0. The minimum atomic E-state index is -0.332. The van der Waals surface area contributed by atoms with E-state index in [1.807, 2.05) is 87.0 Å². The van der Waals surface area contributed by atoms with Crippen molar-refractivity contribution in [2.24, 2.45) is 7.05 Å². The summed E-state index contributed by atoms with van der Waals surface area (Å²) in [4.78, 5) is 27.5. The van der Waals surface area contributed by atoms with Gasteiger partial charge in [0.25, 0.3) is 5.56 Å². The number of rotatable bonds is 3. The molecule has 160 valence electrons. The van der Waals surface area contributed by atoms with Gasteiger partial charge in [0.2, 0.25) is 0 Å². The molecule has 0 aliphatic carbocycles. The van der Waals surface area contributed by atoms with Crippen molar-refractivity contribution >= 4 is 21.9 Å². The first-order chi connectivity index (χ1) is 15.3. The maximum Gasteiger partial charge on any atom is 0.336 e. The fourth-order valence-electron chi connectivity index (χ4n) is 4.53. The molecule has 0 radical (unpaired) electrons. The summed E-state index contributed by atoms with van der Waals surface area (Å²) >= 11 is 0. The molecule has 2 aromatic heterocycles. The molecule has 0 spiro atoms. The third-order valence-corrected chi connectivity index (χ3v) is 6.14. The van der Waals surface area contributed by atoms with Crippen LogP contribution in [-0.2, 0) is 13.6 Å². The van der Waals surface area contributed by atoms with Crippen molar-refractivity contribution in [3.8, 4) is 5.69 Å². The number of fused-ring (bicyclic) bond motifs is 3. The summed E-state index contributed by atoms with van der Waals surface area (Å²) < 4.78 is 4.94. The minimum absolute atomic E-state index is 0.300. The second kappa shape index (κ2) is 7.38. The van der Waals surface area contributed by atoms with Crippen LogP contribution in [0.5, 0.6) is 0 Å². The van der Waals surface area contributed by atoms with Gasteiger partial charge in [-0.05, 0) is 50.6 Å². The van der Waals surface area contributed by atoms with Gasteiger partial charge in [0.1, 0.15) is 5.52 Å². The van der Waals surface area contributed by atoms with E-state index in [1.165, 1.54) is 4.57 Å². The highest BCUT2D eigenvalue weighted by atomic mass is 16.2. The molecule has 2 heterocycles. The van der Waals surface area contributed by atoms with Crippen molar-refractivity contribution in [1.82, 2.24) is 13.7 Å². The van der Waals surface area contributed by atoms with Crippen LogP contribution in [-0.4, -0.2) is 13.7 Å². The number of hydrogen-bond acceptors (Lipinski definition) is 2. The predicted molar refractivity (Wildman–Crippen MR) is 130 cm³/mol. The number of aromatic nitrogens is 3. The Morgan fingerprint density at radius 1 is 0.750 bits per heavy atom. The topological polar surface area (TPSA) is 48.9 Å². The third-order valence-electron chi connectivity index (χ3n) is 6.14. The largest absolute Gasteiger partial charge is 0.338 e. The van der Waals surface area contributed by atoms with Crippen molar-refractivity contribution in [1.29, 1.82) is 0 Å². The average molecular weight is 424 g/mol. The van der Waals surface area contributed by atoms with E-state index in [1.54, 1.807) is 4.57 Å². The Labute approximate surface area is 185 Å². The highest BCUT2D eigenvalue weighted by molar-refractivity contribution is 6.06. The zero-order chi connectivity index (χ0) is 22.6. The van der Waals surface area contributed by atoms with E-state index in [4.69, 9.17) is 0 Å². The Balaban J connectivity index is 1.94. The second-order valence-corrected chi connectivity index (χ2v) is 8.61. The summed E-state index contributed by atoms with van der Waals surface area (Å²) in [6.07, 6.45) is 0. The molecule has 0 aliphatic rings. The molecule has 0 N–H and O–H groups in total. The van der Waals surface area contributed by atoms with Crippen LogP contribution in [0.3, 0.4) is 0 Å². The van der Waals surface area contributed by atoms with Crippen molar-refractivity contribution in [3.63, 3.8) is 0 Å². The molecule has 5 nitrogen and oxygen atoms in total. The van der Waals surface area contributed by atoms with E-state index in [-0.39, 0.29) is 11.2 Å². The fraction of sp³-hybridized carbons (Fsp3) is 0.185. The van der Waals surface area contributed by atoms with Gasteiger partial charge in [-0.25, -0.2) is 9.36 Å². The van der Waals surface area contributed by atoms with E-state index in [2.05, 4.69) is 12.1 Å². The van der Waals surface area contributed by atoms with E-state index < -0.39 is 0 Å².